The summed E-state index contributed by atoms with van der Waals surface area (Å²) in [6, 6.07) is 16.2. The van der Waals surface area contributed by atoms with Gasteiger partial charge in [-0.25, -0.2) is 18.0 Å². The molecular formula is C22H15ClO6S. The molecule has 1 heterocycles. The van der Waals surface area contributed by atoms with E-state index in [0.29, 0.717) is 16.5 Å². The van der Waals surface area contributed by atoms with Gasteiger partial charge >= 0.3 is 11.6 Å². The summed E-state index contributed by atoms with van der Waals surface area (Å²) in [6.45, 7) is -0.214. The average molecular weight is 443 g/mol. The SMILES string of the molecule is CS(=O)(=O)c1ccc(Cl)c(C(=O)OCc2cc(=O)oc3ccc4ccccc4c23)c1. The summed E-state index contributed by atoms with van der Waals surface area (Å²) in [5, 5.41) is 2.52. The number of carbonyl (C=O) groups excluding carboxylic acids is 1. The molecule has 8 heteroatoms. The molecule has 1 aromatic heterocycles. The Kier molecular flexibility index (Phi) is 5.09. The number of esters is 1. The van der Waals surface area contributed by atoms with Crippen molar-refractivity contribution in [3.8, 4) is 0 Å². The van der Waals surface area contributed by atoms with Gasteiger partial charge in [0.2, 0.25) is 0 Å². The van der Waals surface area contributed by atoms with Gasteiger partial charge in [-0.05, 0) is 35.0 Å². The van der Waals surface area contributed by atoms with Gasteiger partial charge < -0.3 is 9.15 Å². The number of ether oxygens (including phenoxy) is 1. The second-order valence-electron chi connectivity index (χ2n) is 6.74. The molecule has 0 fully saturated rings. The molecule has 0 N–H and O–H groups in total. The predicted molar refractivity (Wildman–Crippen MR) is 114 cm³/mol. The van der Waals surface area contributed by atoms with E-state index in [0.717, 1.165) is 17.0 Å². The van der Waals surface area contributed by atoms with Gasteiger partial charge in [-0.15, -0.1) is 0 Å². The van der Waals surface area contributed by atoms with Crippen molar-refractivity contribution in [2.24, 2.45) is 0 Å². The van der Waals surface area contributed by atoms with Crippen LogP contribution in [0.1, 0.15) is 15.9 Å². The molecule has 0 aliphatic heterocycles. The highest BCUT2D eigenvalue weighted by Crippen LogP contribution is 2.28. The van der Waals surface area contributed by atoms with Crippen LogP contribution in [0.2, 0.25) is 5.02 Å². The molecule has 0 saturated heterocycles. The van der Waals surface area contributed by atoms with Crippen LogP contribution in [-0.2, 0) is 21.2 Å². The molecule has 0 aliphatic carbocycles. The van der Waals surface area contributed by atoms with E-state index in [1.54, 1.807) is 6.07 Å². The van der Waals surface area contributed by atoms with Gasteiger partial charge in [-0.2, -0.15) is 0 Å². The summed E-state index contributed by atoms with van der Waals surface area (Å²) in [4.78, 5) is 24.5. The molecule has 0 radical (unpaired) electrons. The Balaban J connectivity index is 1.73. The van der Waals surface area contributed by atoms with Gasteiger partial charge in [0.25, 0.3) is 0 Å². The number of hydrogen-bond acceptors (Lipinski definition) is 6. The third-order valence-corrected chi connectivity index (χ3v) is 6.10. The minimum absolute atomic E-state index is 0.0457. The lowest BCUT2D eigenvalue weighted by atomic mass is 10.0. The third kappa shape index (κ3) is 3.81. The number of fused-ring (bicyclic) bond motifs is 3. The van der Waals surface area contributed by atoms with Crippen LogP contribution in [0.5, 0.6) is 0 Å². The molecule has 4 rings (SSSR count). The number of sulfone groups is 1. The molecule has 4 aromatic rings. The molecule has 0 unspecified atom stereocenters. The lowest BCUT2D eigenvalue weighted by Crippen LogP contribution is -2.10. The first-order valence-electron chi connectivity index (χ1n) is 8.85. The number of hydrogen-bond donors (Lipinski definition) is 0. The van der Waals surface area contributed by atoms with Crippen LogP contribution in [0.4, 0.5) is 0 Å². The van der Waals surface area contributed by atoms with Crippen LogP contribution in [0, 0.1) is 0 Å². The average Bonchev–Trinajstić information content (AvgIpc) is 2.70. The van der Waals surface area contributed by atoms with Crippen LogP contribution in [0.3, 0.4) is 0 Å². The maximum atomic E-state index is 12.6. The maximum Gasteiger partial charge on any atom is 0.340 e. The van der Waals surface area contributed by atoms with Gasteiger partial charge in [0, 0.05) is 23.3 Å². The molecule has 0 saturated carbocycles. The van der Waals surface area contributed by atoms with E-state index in [1.165, 1.54) is 24.3 Å². The second-order valence-corrected chi connectivity index (χ2v) is 9.16. The minimum Gasteiger partial charge on any atom is -0.457 e. The zero-order chi connectivity index (χ0) is 21.5. The molecule has 0 aliphatic rings. The highest BCUT2D eigenvalue weighted by atomic mass is 35.5. The summed E-state index contributed by atoms with van der Waals surface area (Å²) in [5.74, 6) is -0.799. The Bertz CT molecular complexity index is 1470. The minimum atomic E-state index is -3.52. The van der Waals surface area contributed by atoms with Gasteiger partial charge in [0.1, 0.15) is 12.2 Å². The summed E-state index contributed by atoms with van der Waals surface area (Å²) < 4.78 is 34.2. The molecule has 0 atom stereocenters. The lowest BCUT2D eigenvalue weighted by Gasteiger charge is -2.11. The maximum absolute atomic E-state index is 12.6. The quantitative estimate of drug-likeness (QED) is 0.265. The summed E-state index contributed by atoms with van der Waals surface area (Å²) in [7, 11) is -3.52. The first-order chi connectivity index (χ1) is 14.2. The van der Waals surface area contributed by atoms with Crippen LogP contribution < -0.4 is 5.63 Å². The van der Waals surface area contributed by atoms with Crippen molar-refractivity contribution in [2.45, 2.75) is 11.5 Å². The molecule has 30 heavy (non-hydrogen) atoms. The van der Waals surface area contributed by atoms with Crippen LogP contribution >= 0.6 is 11.6 Å². The van der Waals surface area contributed by atoms with Crippen molar-refractivity contribution >= 4 is 49.1 Å². The fourth-order valence-electron chi connectivity index (χ4n) is 3.25. The molecule has 0 amide bonds. The fourth-order valence-corrected chi connectivity index (χ4v) is 4.09. The number of carbonyl (C=O) groups is 1. The first kappa shape index (κ1) is 20.1. The predicted octanol–water partition coefficient (Wildman–Crippen LogP) is 4.36. The first-order valence-corrected chi connectivity index (χ1v) is 11.1. The van der Waals surface area contributed by atoms with Gasteiger partial charge in [0.15, 0.2) is 9.84 Å². The molecule has 3 aromatic carbocycles. The summed E-state index contributed by atoms with van der Waals surface area (Å²) in [5.41, 5.74) is 0.212. The van der Waals surface area contributed by atoms with Gasteiger partial charge in [0.05, 0.1) is 15.5 Å². The van der Waals surface area contributed by atoms with Gasteiger partial charge in [-0.3, -0.25) is 0 Å². The Morgan fingerprint density at radius 2 is 1.83 bits per heavy atom. The van der Waals surface area contributed by atoms with Crippen molar-refractivity contribution in [1.82, 2.24) is 0 Å². The van der Waals surface area contributed by atoms with Crippen LogP contribution in [-0.4, -0.2) is 20.6 Å². The zero-order valence-corrected chi connectivity index (χ0v) is 17.3. The van der Waals surface area contributed by atoms with Crippen molar-refractivity contribution in [1.29, 1.82) is 0 Å². The monoisotopic (exact) mass is 442 g/mol. The lowest BCUT2D eigenvalue weighted by molar-refractivity contribution is 0.0474. The van der Waals surface area contributed by atoms with Gasteiger partial charge in [-0.1, -0.05) is 41.9 Å². The Morgan fingerprint density at radius 3 is 2.60 bits per heavy atom. The van der Waals surface area contributed by atoms with Crippen molar-refractivity contribution < 1.29 is 22.4 Å². The largest absolute Gasteiger partial charge is 0.457 e. The Hall–Kier alpha value is -3.16. The molecule has 6 nitrogen and oxygen atoms in total. The van der Waals surface area contributed by atoms with E-state index in [-0.39, 0.29) is 22.1 Å². The van der Waals surface area contributed by atoms with Crippen molar-refractivity contribution in [2.75, 3.05) is 6.26 Å². The Morgan fingerprint density at radius 1 is 1.07 bits per heavy atom. The molecular weight excluding hydrogens is 428 g/mol. The van der Waals surface area contributed by atoms with E-state index >= 15 is 0 Å². The van der Waals surface area contributed by atoms with E-state index in [1.807, 2.05) is 30.3 Å². The van der Waals surface area contributed by atoms with E-state index in [2.05, 4.69) is 0 Å². The summed E-state index contributed by atoms with van der Waals surface area (Å²) in [6.07, 6.45) is 1.03. The Labute approximate surface area is 176 Å². The second kappa shape index (κ2) is 7.59. The number of benzene rings is 3. The smallest absolute Gasteiger partial charge is 0.340 e. The topological polar surface area (TPSA) is 90.6 Å². The van der Waals surface area contributed by atoms with E-state index < -0.39 is 21.4 Å². The van der Waals surface area contributed by atoms with Crippen LogP contribution in [0.25, 0.3) is 21.7 Å². The van der Waals surface area contributed by atoms with E-state index in [9.17, 15) is 18.0 Å². The fraction of sp³-hybridized carbons (Fsp3) is 0.0909. The molecule has 152 valence electrons. The van der Waals surface area contributed by atoms with Crippen molar-refractivity contribution in [3.63, 3.8) is 0 Å². The number of rotatable bonds is 4. The highest BCUT2D eigenvalue weighted by Gasteiger charge is 2.18. The van der Waals surface area contributed by atoms with Crippen molar-refractivity contribution in [3.05, 3.63) is 87.2 Å². The van der Waals surface area contributed by atoms with E-state index in [4.69, 9.17) is 20.8 Å². The van der Waals surface area contributed by atoms with Crippen LogP contribution in [0.15, 0.2) is 74.8 Å². The zero-order valence-electron chi connectivity index (χ0n) is 15.7. The highest BCUT2D eigenvalue weighted by molar-refractivity contribution is 7.90. The molecule has 0 bridgehead atoms. The molecule has 0 spiro atoms. The standard InChI is InChI=1S/C22H15ClO6S/c1-30(26,27)15-7-8-18(23)17(11-15)22(25)28-12-14-10-20(24)29-19-9-6-13-4-2-3-5-16(13)21(14)19/h2-11H,12H2,1H3. The normalized spacial score (nSPS) is 11.7. The summed E-state index contributed by atoms with van der Waals surface area (Å²) >= 11 is 6.06. The number of halogens is 1. The third-order valence-electron chi connectivity index (χ3n) is 4.66.